The number of carbonyl (C=O) groups is 1. The molecule has 2 nitrogen and oxygen atoms in total. The van der Waals surface area contributed by atoms with E-state index in [1.165, 1.54) is 55.1 Å². The van der Waals surface area contributed by atoms with Crippen LogP contribution in [-0.2, 0) is 9.53 Å². The molecule has 0 aliphatic rings. The summed E-state index contributed by atoms with van der Waals surface area (Å²) in [5.74, 6) is 2.55. The Morgan fingerprint density at radius 1 is 0.636 bits per heavy atom. The van der Waals surface area contributed by atoms with E-state index in [0.29, 0.717) is 6.42 Å². The zero-order valence-electron chi connectivity index (χ0n) is 19.9. The van der Waals surface area contributed by atoms with Gasteiger partial charge in [0.1, 0.15) is 0 Å². The van der Waals surface area contributed by atoms with Crippen molar-refractivity contribution in [3.63, 3.8) is 0 Å². The second kappa shape index (κ2) is 13.9. The molecule has 33 heavy (non-hydrogen) atoms. The molecule has 0 N–H and O–H groups in total. The highest BCUT2D eigenvalue weighted by molar-refractivity contribution is 7.94. The van der Waals surface area contributed by atoms with E-state index < -0.39 is 6.89 Å². The first kappa shape index (κ1) is 25.1. The summed E-state index contributed by atoms with van der Waals surface area (Å²) in [4.78, 5) is 11.2. The van der Waals surface area contributed by atoms with Crippen molar-refractivity contribution < 1.29 is 9.53 Å². The highest BCUT2D eigenvalue weighted by Crippen LogP contribution is 2.44. The molecule has 3 aromatic rings. The standard InChI is InChI=1S/C30H37O2P/c1-32-30(31)25-17-6-4-2-3-5-7-18-26-33(27-19-11-8-12-20-27,28-21-13-9-14-22-28)29-23-15-10-16-24-29/h8-16,19-24,26H,2-7,17-18,25H2,1H3. The lowest BCUT2D eigenvalue weighted by molar-refractivity contribution is -0.140. The lowest BCUT2D eigenvalue weighted by Crippen LogP contribution is -2.26. The summed E-state index contributed by atoms with van der Waals surface area (Å²) in [5, 5.41) is 4.27. The molecule has 0 heterocycles. The molecular weight excluding hydrogens is 423 g/mol. The number of ether oxygens (including phenoxy) is 1. The van der Waals surface area contributed by atoms with Crippen LogP contribution in [0.5, 0.6) is 0 Å². The van der Waals surface area contributed by atoms with Crippen molar-refractivity contribution in [2.24, 2.45) is 0 Å². The van der Waals surface area contributed by atoms with E-state index in [9.17, 15) is 4.79 Å². The molecule has 0 bridgehead atoms. The first-order valence-electron chi connectivity index (χ1n) is 12.2. The van der Waals surface area contributed by atoms with Gasteiger partial charge in [0.15, 0.2) is 0 Å². The van der Waals surface area contributed by atoms with Gasteiger partial charge in [0.2, 0.25) is 0 Å². The predicted molar refractivity (Wildman–Crippen MR) is 145 cm³/mol. The average Bonchev–Trinajstić information content (AvgIpc) is 2.89. The third-order valence-electron chi connectivity index (χ3n) is 6.21. The lowest BCUT2D eigenvalue weighted by atomic mass is 10.1. The number of esters is 1. The van der Waals surface area contributed by atoms with Crippen LogP contribution in [0.4, 0.5) is 0 Å². The third kappa shape index (κ3) is 7.21. The van der Waals surface area contributed by atoms with Crippen LogP contribution in [0.15, 0.2) is 91.0 Å². The van der Waals surface area contributed by atoms with Gasteiger partial charge in [-0.25, -0.2) is 0 Å². The van der Waals surface area contributed by atoms with Crippen LogP contribution < -0.4 is 15.9 Å². The van der Waals surface area contributed by atoms with E-state index >= 15 is 0 Å². The number of hydrogen-bond donors (Lipinski definition) is 0. The molecule has 0 aliphatic heterocycles. The fourth-order valence-corrected chi connectivity index (χ4v) is 8.46. The summed E-state index contributed by atoms with van der Waals surface area (Å²) < 4.78 is 4.71. The van der Waals surface area contributed by atoms with Gasteiger partial charge in [-0.15, -0.1) is 0 Å². The maximum atomic E-state index is 11.2. The number of methoxy groups -OCH3 is 1. The van der Waals surface area contributed by atoms with Crippen molar-refractivity contribution in [3.05, 3.63) is 91.0 Å². The number of hydrogen-bond acceptors (Lipinski definition) is 2. The van der Waals surface area contributed by atoms with Gasteiger partial charge in [-0.3, -0.25) is 4.79 Å². The highest BCUT2D eigenvalue weighted by Gasteiger charge is 2.24. The summed E-state index contributed by atoms with van der Waals surface area (Å²) in [6, 6.07) is 33.2. The molecule has 0 saturated carbocycles. The fourth-order valence-electron chi connectivity index (χ4n) is 4.44. The van der Waals surface area contributed by atoms with Gasteiger partial charge in [0.05, 0.1) is 7.11 Å². The maximum absolute atomic E-state index is 11.2. The second-order valence-corrected chi connectivity index (χ2v) is 11.9. The molecule has 3 heteroatoms. The molecule has 0 amide bonds. The minimum absolute atomic E-state index is 0.0902. The van der Waals surface area contributed by atoms with Crippen molar-refractivity contribution >= 4 is 34.6 Å². The van der Waals surface area contributed by atoms with E-state index in [-0.39, 0.29) is 5.97 Å². The minimum atomic E-state index is -1.81. The zero-order chi connectivity index (χ0) is 23.2. The van der Waals surface area contributed by atoms with Crippen LogP contribution in [0.3, 0.4) is 0 Å². The van der Waals surface area contributed by atoms with Crippen molar-refractivity contribution in [2.75, 3.05) is 7.11 Å². The van der Waals surface area contributed by atoms with Gasteiger partial charge < -0.3 is 4.74 Å². The van der Waals surface area contributed by atoms with Crippen LogP contribution >= 0.6 is 6.89 Å². The molecular formula is C30H37O2P. The Labute approximate surface area is 200 Å². The number of unbranched alkanes of at least 4 members (excludes halogenated alkanes) is 7. The lowest BCUT2D eigenvalue weighted by Gasteiger charge is -2.29. The van der Waals surface area contributed by atoms with Gasteiger partial charge in [-0.2, -0.15) is 0 Å². The van der Waals surface area contributed by atoms with Crippen LogP contribution in [0.1, 0.15) is 57.8 Å². The van der Waals surface area contributed by atoms with Gasteiger partial charge >= 0.3 is 5.97 Å². The molecule has 0 fully saturated rings. The molecule has 0 atom stereocenters. The van der Waals surface area contributed by atoms with E-state index in [4.69, 9.17) is 4.74 Å². The normalized spacial score (nSPS) is 11.2. The Balaban J connectivity index is 1.69. The number of carbonyl (C=O) groups excluding carboxylic acids is 1. The van der Waals surface area contributed by atoms with Gasteiger partial charge in [0, 0.05) is 6.42 Å². The molecule has 0 radical (unpaired) electrons. The van der Waals surface area contributed by atoms with E-state index in [1.807, 2.05) is 0 Å². The average molecular weight is 461 g/mol. The SMILES string of the molecule is COC(=O)CCCCCCCCCC=P(c1ccccc1)(c1ccccc1)c1ccccc1. The van der Waals surface area contributed by atoms with Gasteiger partial charge in [-0.05, 0) is 42.1 Å². The zero-order valence-corrected chi connectivity index (χ0v) is 20.8. The first-order valence-corrected chi connectivity index (χ1v) is 14.1. The number of benzene rings is 3. The molecule has 0 spiro atoms. The molecule has 0 aromatic heterocycles. The molecule has 3 rings (SSSR count). The monoisotopic (exact) mass is 460 g/mol. The minimum Gasteiger partial charge on any atom is -0.469 e. The summed E-state index contributed by atoms with van der Waals surface area (Å²) in [6.07, 6.45) is 9.92. The van der Waals surface area contributed by atoms with Crippen molar-refractivity contribution in [1.29, 1.82) is 0 Å². The Kier molecular flexibility index (Phi) is 10.5. The Bertz CT molecular complexity index is 894. The molecule has 0 saturated heterocycles. The van der Waals surface area contributed by atoms with Crippen molar-refractivity contribution in [2.45, 2.75) is 57.8 Å². The van der Waals surface area contributed by atoms with Crippen LogP contribution in [0, 0.1) is 0 Å². The number of rotatable bonds is 13. The Hall–Kier alpha value is -2.57. The van der Waals surface area contributed by atoms with Gasteiger partial charge in [-0.1, -0.05) is 129 Å². The summed E-state index contributed by atoms with van der Waals surface area (Å²) in [5.41, 5.74) is 0. The predicted octanol–water partition coefficient (Wildman–Crippen LogP) is 6.47. The fraction of sp³-hybridized carbons (Fsp3) is 0.333. The van der Waals surface area contributed by atoms with Gasteiger partial charge in [0.25, 0.3) is 0 Å². The summed E-state index contributed by atoms with van der Waals surface area (Å²) in [6.45, 7) is -1.81. The van der Waals surface area contributed by atoms with E-state index in [0.717, 1.165) is 19.3 Å². The largest absolute Gasteiger partial charge is 0.469 e. The van der Waals surface area contributed by atoms with Crippen molar-refractivity contribution in [3.8, 4) is 0 Å². The molecule has 174 valence electrons. The summed E-state index contributed by atoms with van der Waals surface area (Å²) in [7, 11) is 1.46. The maximum Gasteiger partial charge on any atom is 0.305 e. The molecule has 3 aromatic carbocycles. The summed E-state index contributed by atoms with van der Waals surface area (Å²) >= 11 is 0. The van der Waals surface area contributed by atoms with Crippen LogP contribution in [0.2, 0.25) is 0 Å². The molecule has 0 unspecified atom stereocenters. The van der Waals surface area contributed by atoms with Crippen molar-refractivity contribution in [1.82, 2.24) is 0 Å². The van der Waals surface area contributed by atoms with E-state index in [1.54, 1.807) is 0 Å². The first-order chi connectivity index (χ1) is 16.3. The second-order valence-electron chi connectivity index (χ2n) is 8.50. The highest BCUT2D eigenvalue weighted by atomic mass is 31.2. The smallest absolute Gasteiger partial charge is 0.305 e. The quantitative estimate of drug-likeness (QED) is 0.166. The molecule has 0 aliphatic carbocycles. The van der Waals surface area contributed by atoms with Crippen LogP contribution in [0.25, 0.3) is 0 Å². The van der Waals surface area contributed by atoms with Crippen LogP contribution in [-0.4, -0.2) is 18.9 Å². The van der Waals surface area contributed by atoms with E-state index in [2.05, 4.69) is 96.8 Å². The Morgan fingerprint density at radius 3 is 1.45 bits per heavy atom. The Morgan fingerprint density at radius 2 is 1.03 bits per heavy atom. The topological polar surface area (TPSA) is 26.3 Å². The third-order valence-corrected chi connectivity index (χ3v) is 10.4.